The molecular formula is C12H17NO6S2. The van der Waals surface area contributed by atoms with Gasteiger partial charge in [0.2, 0.25) is 10.0 Å². The van der Waals surface area contributed by atoms with Gasteiger partial charge in [-0.25, -0.2) is 13.2 Å². The predicted molar refractivity (Wildman–Crippen MR) is 76.9 cm³/mol. The molecule has 0 atom stereocenters. The summed E-state index contributed by atoms with van der Waals surface area (Å²) in [5.41, 5.74) is 0. The molecule has 21 heavy (non-hydrogen) atoms. The molecule has 0 bridgehead atoms. The van der Waals surface area contributed by atoms with Gasteiger partial charge in [-0.2, -0.15) is 4.31 Å². The van der Waals surface area contributed by atoms with E-state index < -0.39 is 28.5 Å². The van der Waals surface area contributed by atoms with Crippen LogP contribution in [0.5, 0.6) is 0 Å². The van der Waals surface area contributed by atoms with Gasteiger partial charge in [-0.15, -0.1) is 11.3 Å². The lowest BCUT2D eigenvalue weighted by Crippen LogP contribution is -2.38. The highest BCUT2D eigenvalue weighted by Gasteiger charge is 2.32. The lowest BCUT2D eigenvalue weighted by atomic mass is 10.2. The van der Waals surface area contributed by atoms with Crippen molar-refractivity contribution in [3.8, 4) is 0 Å². The number of hydrogen-bond acceptors (Lipinski definition) is 6. The van der Waals surface area contributed by atoms with Crippen molar-refractivity contribution >= 4 is 33.3 Å². The number of methoxy groups -OCH3 is 1. The quantitative estimate of drug-likeness (QED) is 0.753. The number of carbonyl (C=O) groups excluding carboxylic acids is 1. The first-order valence-electron chi connectivity index (χ1n) is 6.08. The number of hydrogen-bond donors (Lipinski definition) is 1. The molecule has 9 heteroatoms. The third kappa shape index (κ3) is 4.26. The summed E-state index contributed by atoms with van der Waals surface area (Å²) in [6.07, 6.45) is 0. The predicted octanol–water partition coefficient (Wildman–Crippen LogP) is 1.27. The van der Waals surface area contributed by atoms with Gasteiger partial charge >= 0.3 is 11.9 Å². The lowest BCUT2D eigenvalue weighted by molar-refractivity contribution is -0.137. The number of thiophene rings is 1. The summed E-state index contributed by atoms with van der Waals surface area (Å²) in [6.45, 7) is 2.94. The zero-order valence-electron chi connectivity index (χ0n) is 11.9. The maximum atomic E-state index is 12.6. The van der Waals surface area contributed by atoms with Crippen LogP contribution in [0, 0.1) is 5.92 Å². The minimum atomic E-state index is -4.07. The van der Waals surface area contributed by atoms with Gasteiger partial charge in [0.1, 0.15) is 16.3 Å². The first-order valence-corrected chi connectivity index (χ1v) is 8.39. The third-order valence-electron chi connectivity index (χ3n) is 2.50. The largest absolute Gasteiger partial charge is 0.480 e. The van der Waals surface area contributed by atoms with E-state index in [9.17, 15) is 18.0 Å². The number of carboxylic acids is 1. The molecule has 0 amide bonds. The zero-order chi connectivity index (χ0) is 16.2. The van der Waals surface area contributed by atoms with Crippen molar-refractivity contribution in [3.05, 3.63) is 16.3 Å². The Bertz CT molecular complexity index is 619. The molecule has 0 saturated heterocycles. The van der Waals surface area contributed by atoms with Crippen LogP contribution in [0.1, 0.15) is 23.5 Å². The van der Waals surface area contributed by atoms with Crippen LogP contribution >= 0.6 is 11.3 Å². The molecule has 1 N–H and O–H groups in total. The summed E-state index contributed by atoms with van der Waals surface area (Å²) in [7, 11) is -2.92. The van der Waals surface area contributed by atoms with Crippen molar-refractivity contribution in [2.45, 2.75) is 18.7 Å². The highest BCUT2D eigenvalue weighted by Crippen LogP contribution is 2.26. The maximum Gasteiger partial charge on any atom is 0.349 e. The number of carboxylic acid groups (broad SMARTS) is 1. The second-order valence-electron chi connectivity index (χ2n) is 4.69. The van der Waals surface area contributed by atoms with Gasteiger partial charge in [0.05, 0.1) is 7.11 Å². The average molecular weight is 335 g/mol. The third-order valence-corrected chi connectivity index (χ3v) is 5.38. The van der Waals surface area contributed by atoms with Crippen molar-refractivity contribution in [2.24, 2.45) is 5.92 Å². The molecular weight excluding hydrogens is 318 g/mol. The average Bonchev–Trinajstić information content (AvgIpc) is 2.85. The Hall–Kier alpha value is -1.45. The highest BCUT2D eigenvalue weighted by molar-refractivity contribution is 7.89. The Balaban J connectivity index is 3.26. The zero-order valence-corrected chi connectivity index (χ0v) is 13.5. The van der Waals surface area contributed by atoms with E-state index >= 15 is 0 Å². The van der Waals surface area contributed by atoms with E-state index in [1.807, 2.05) is 0 Å². The van der Waals surface area contributed by atoms with E-state index in [0.29, 0.717) is 0 Å². The molecule has 0 aromatic carbocycles. The molecule has 0 radical (unpaired) electrons. The van der Waals surface area contributed by atoms with Crippen LogP contribution < -0.4 is 0 Å². The van der Waals surface area contributed by atoms with Crippen molar-refractivity contribution in [1.82, 2.24) is 4.31 Å². The van der Waals surface area contributed by atoms with E-state index in [1.165, 1.54) is 11.4 Å². The number of carbonyl (C=O) groups is 2. The Morgan fingerprint density at radius 3 is 2.52 bits per heavy atom. The second-order valence-corrected chi connectivity index (χ2v) is 7.51. The summed E-state index contributed by atoms with van der Waals surface area (Å²) in [4.78, 5) is 22.2. The van der Waals surface area contributed by atoms with Gasteiger partial charge in [0, 0.05) is 6.54 Å². The standard InChI is InChI=1S/C12H17NO6S2/c1-8(2)6-13(7-10(14)15)21(17,18)9-4-5-20-11(9)12(16)19-3/h4-5,8H,6-7H2,1-3H3,(H,14,15). The summed E-state index contributed by atoms with van der Waals surface area (Å²) >= 11 is 0.936. The number of esters is 1. The molecule has 0 spiro atoms. The normalized spacial score (nSPS) is 11.9. The Morgan fingerprint density at radius 2 is 2.05 bits per heavy atom. The SMILES string of the molecule is COC(=O)c1sccc1S(=O)(=O)N(CC(=O)O)CC(C)C. The molecule has 0 unspecified atom stereocenters. The smallest absolute Gasteiger partial charge is 0.349 e. The molecule has 1 aromatic rings. The summed E-state index contributed by atoms with van der Waals surface area (Å²) in [6, 6.07) is 1.28. The van der Waals surface area contributed by atoms with Gasteiger partial charge < -0.3 is 9.84 Å². The molecule has 0 aliphatic rings. The molecule has 1 heterocycles. The molecule has 0 aliphatic carbocycles. The number of aliphatic carboxylic acids is 1. The first kappa shape index (κ1) is 17.6. The number of nitrogens with zero attached hydrogens (tertiary/aromatic N) is 1. The van der Waals surface area contributed by atoms with E-state index in [2.05, 4.69) is 4.74 Å². The molecule has 0 fully saturated rings. The van der Waals surface area contributed by atoms with Crippen LogP contribution in [-0.4, -0.2) is 50.0 Å². The van der Waals surface area contributed by atoms with Gasteiger partial charge in [0.25, 0.3) is 0 Å². The number of sulfonamides is 1. The molecule has 1 rings (SSSR count). The Kier molecular flexibility index (Phi) is 5.87. The van der Waals surface area contributed by atoms with Crippen LogP contribution in [0.25, 0.3) is 0 Å². The van der Waals surface area contributed by atoms with E-state index in [4.69, 9.17) is 5.11 Å². The molecule has 0 saturated carbocycles. The van der Waals surface area contributed by atoms with Gasteiger partial charge in [0.15, 0.2) is 0 Å². The van der Waals surface area contributed by atoms with Crippen LogP contribution in [0.3, 0.4) is 0 Å². The summed E-state index contributed by atoms with van der Waals surface area (Å²) in [5, 5.41) is 10.3. The van der Waals surface area contributed by atoms with Crippen molar-refractivity contribution in [3.63, 3.8) is 0 Å². The lowest BCUT2D eigenvalue weighted by Gasteiger charge is -2.22. The highest BCUT2D eigenvalue weighted by atomic mass is 32.2. The monoisotopic (exact) mass is 335 g/mol. The van der Waals surface area contributed by atoms with E-state index in [1.54, 1.807) is 13.8 Å². The van der Waals surface area contributed by atoms with Crippen molar-refractivity contribution in [2.75, 3.05) is 20.2 Å². The van der Waals surface area contributed by atoms with Crippen molar-refractivity contribution in [1.29, 1.82) is 0 Å². The Labute approximate surface area is 127 Å². The second kappa shape index (κ2) is 7.01. The molecule has 118 valence electrons. The van der Waals surface area contributed by atoms with Gasteiger partial charge in [-0.1, -0.05) is 13.8 Å². The fourth-order valence-corrected chi connectivity index (χ4v) is 4.55. The maximum absolute atomic E-state index is 12.6. The Morgan fingerprint density at radius 1 is 1.43 bits per heavy atom. The van der Waals surface area contributed by atoms with Crippen LogP contribution in [-0.2, 0) is 19.6 Å². The van der Waals surface area contributed by atoms with Crippen LogP contribution in [0.15, 0.2) is 16.3 Å². The summed E-state index contributed by atoms with van der Waals surface area (Å²) in [5.74, 6) is -2.07. The van der Waals surface area contributed by atoms with Crippen LogP contribution in [0.4, 0.5) is 0 Å². The first-order chi connectivity index (χ1) is 9.70. The minimum absolute atomic E-state index is 0.0467. The van der Waals surface area contributed by atoms with Crippen molar-refractivity contribution < 1.29 is 27.9 Å². The van der Waals surface area contributed by atoms with Gasteiger partial charge in [-0.05, 0) is 17.4 Å². The fraction of sp³-hybridized carbons (Fsp3) is 0.500. The van der Waals surface area contributed by atoms with E-state index in [0.717, 1.165) is 22.8 Å². The molecule has 7 nitrogen and oxygen atoms in total. The molecule has 0 aliphatic heterocycles. The topological polar surface area (TPSA) is 101 Å². The molecule has 1 aromatic heterocycles. The number of rotatable bonds is 7. The van der Waals surface area contributed by atoms with E-state index in [-0.39, 0.29) is 22.2 Å². The minimum Gasteiger partial charge on any atom is -0.480 e. The summed E-state index contributed by atoms with van der Waals surface area (Å²) < 4.78 is 30.5. The fourth-order valence-electron chi connectivity index (χ4n) is 1.69. The van der Waals surface area contributed by atoms with Gasteiger partial charge in [-0.3, -0.25) is 4.79 Å². The van der Waals surface area contributed by atoms with Crippen LogP contribution in [0.2, 0.25) is 0 Å². The number of ether oxygens (including phenoxy) is 1.